The van der Waals surface area contributed by atoms with Crippen molar-refractivity contribution in [2.75, 3.05) is 19.7 Å². The van der Waals surface area contributed by atoms with Gasteiger partial charge in [-0.25, -0.2) is 9.97 Å². The molecule has 2 aromatic carbocycles. The summed E-state index contributed by atoms with van der Waals surface area (Å²) in [6.45, 7) is 3.20. The zero-order chi connectivity index (χ0) is 21.4. The Balaban J connectivity index is 1.35. The van der Waals surface area contributed by atoms with E-state index in [0.717, 1.165) is 56.4 Å². The van der Waals surface area contributed by atoms with E-state index in [1.165, 1.54) is 17.5 Å². The highest BCUT2D eigenvalue weighted by atomic mass is 16.3. The van der Waals surface area contributed by atoms with E-state index in [9.17, 15) is 5.11 Å². The molecule has 1 atom stereocenters. The van der Waals surface area contributed by atoms with Gasteiger partial charge in [0.2, 0.25) is 0 Å². The summed E-state index contributed by atoms with van der Waals surface area (Å²) >= 11 is 0. The second-order valence-corrected chi connectivity index (χ2v) is 8.53. The molecule has 4 heteroatoms. The van der Waals surface area contributed by atoms with Gasteiger partial charge >= 0.3 is 0 Å². The van der Waals surface area contributed by atoms with Crippen molar-refractivity contribution in [2.45, 2.75) is 32.2 Å². The topological polar surface area (TPSA) is 49.2 Å². The summed E-state index contributed by atoms with van der Waals surface area (Å²) in [5.41, 5.74) is 4.43. The molecule has 1 N–H and O–H groups in total. The standard InChI is InChI=1S/C27H29N3O/c31-21-27(15-13-23-5-2-1-3-6-23)14-4-16-30(20-27)19-25-10-7-24(8-11-25)9-12-26-17-28-22-29-18-26/h1-3,5-8,10-11,17-18,22,31H,4,13-16,19-21H2. The fourth-order valence-corrected chi connectivity index (χ4v) is 4.37. The van der Waals surface area contributed by atoms with Crippen LogP contribution >= 0.6 is 0 Å². The maximum absolute atomic E-state index is 10.2. The van der Waals surface area contributed by atoms with E-state index >= 15 is 0 Å². The smallest absolute Gasteiger partial charge is 0.115 e. The molecule has 1 aliphatic rings. The number of likely N-dealkylation sites (tertiary alicyclic amines) is 1. The zero-order valence-corrected chi connectivity index (χ0v) is 17.9. The SMILES string of the molecule is OCC1(CCc2ccccc2)CCCN(Cc2ccc(C#Cc3cncnc3)cc2)C1. The maximum Gasteiger partial charge on any atom is 0.115 e. The van der Waals surface area contributed by atoms with Gasteiger partial charge in [-0.05, 0) is 55.5 Å². The third-order valence-corrected chi connectivity index (χ3v) is 6.13. The number of hydrogen-bond donors (Lipinski definition) is 1. The van der Waals surface area contributed by atoms with E-state index in [1.54, 1.807) is 12.4 Å². The fourth-order valence-electron chi connectivity index (χ4n) is 4.37. The summed E-state index contributed by atoms with van der Waals surface area (Å²) in [4.78, 5) is 10.5. The number of aliphatic hydroxyl groups excluding tert-OH is 1. The van der Waals surface area contributed by atoms with Crippen molar-refractivity contribution in [3.05, 3.63) is 95.6 Å². The number of aromatic nitrogens is 2. The third kappa shape index (κ3) is 6.01. The lowest BCUT2D eigenvalue weighted by atomic mass is 9.76. The molecular weight excluding hydrogens is 382 g/mol. The molecule has 0 spiro atoms. The van der Waals surface area contributed by atoms with Crippen LogP contribution in [0.25, 0.3) is 0 Å². The first kappa shape index (κ1) is 21.2. The molecule has 4 rings (SSSR count). The van der Waals surface area contributed by atoms with Crippen LogP contribution in [0.5, 0.6) is 0 Å². The summed E-state index contributed by atoms with van der Waals surface area (Å²) in [7, 11) is 0. The molecule has 1 aliphatic heterocycles. The van der Waals surface area contributed by atoms with Crippen LogP contribution in [0.1, 0.15) is 41.5 Å². The number of piperidine rings is 1. The predicted octanol–water partition coefficient (Wildman–Crippen LogP) is 4.08. The molecular formula is C27H29N3O. The number of nitrogens with zero attached hydrogens (tertiary/aromatic N) is 3. The average Bonchev–Trinajstić information content (AvgIpc) is 2.84. The monoisotopic (exact) mass is 411 g/mol. The highest BCUT2D eigenvalue weighted by Gasteiger charge is 2.34. The first-order chi connectivity index (χ1) is 15.2. The number of aliphatic hydroxyl groups is 1. The van der Waals surface area contributed by atoms with Crippen molar-refractivity contribution < 1.29 is 5.11 Å². The normalized spacial score (nSPS) is 18.9. The second kappa shape index (κ2) is 10.3. The van der Waals surface area contributed by atoms with E-state index in [0.29, 0.717) is 0 Å². The molecule has 1 saturated heterocycles. The minimum absolute atomic E-state index is 0.00272. The molecule has 0 amide bonds. The van der Waals surface area contributed by atoms with Gasteiger partial charge in [-0.2, -0.15) is 0 Å². The average molecular weight is 412 g/mol. The van der Waals surface area contributed by atoms with Gasteiger partial charge in [0.1, 0.15) is 6.33 Å². The number of rotatable bonds is 6. The Bertz CT molecular complexity index is 1010. The Morgan fingerprint density at radius 3 is 2.39 bits per heavy atom. The minimum Gasteiger partial charge on any atom is -0.396 e. The Labute approximate surface area is 185 Å². The molecule has 0 aliphatic carbocycles. The van der Waals surface area contributed by atoms with E-state index in [4.69, 9.17) is 0 Å². The second-order valence-electron chi connectivity index (χ2n) is 8.53. The summed E-state index contributed by atoms with van der Waals surface area (Å²) in [6, 6.07) is 19.1. The van der Waals surface area contributed by atoms with Gasteiger partial charge in [0.05, 0.1) is 5.56 Å². The molecule has 1 unspecified atom stereocenters. The first-order valence-corrected chi connectivity index (χ1v) is 11.0. The molecule has 4 nitrogen and oxygen atoms in total. The largest absolute Gasteiger partial charge is 0.396 e. The van der Waals surface area contributed by atoms with Gasteiger partial charge < -0.3 is 5.11 Å². The molecule has 1 aromatic heterocycles. The maximum atomic E-state index is 10.2. The van der Waals surface area contributed by atoms with Crippen LogP contribution in [0.3, 0.4) is 0 Å². The van der Waals surface area contributed by atoms with E-state index in [-0.39, 0.29) is 12.0 Å². The Hall–Kier alpha value is -3.00. The lowest BCUT2D eigenvalue weighted by molar-refractivity contribution is 0.0224. The first-order valence-electron chi connectivity index (χ1n) is 11.0. The number of hydrogen-bond acceptors (Lipinski definition) is 4. The quantitative estimate of drug-likeness (QED) is 0.621. The third-order valence-electron chi connectivity index (χ3n) is 6.13. The number of aryl methyl sites for hydroxylation is 1. The predicted molar refractivity (Wildman–Crippen MR) is 123 cm³/mol. The molecule has 0 saturated carbocycles. The Kier molecular flexibility index (Phi) is 7.09. The number of benzene rings is 2. The highest BCUT2D eigenvalue weighted by molar-refractivity contribution is 5.41. The molecule has 158 valence electrons. The van der Waals surface area contributed by atoms with Crippen LogP contribution in [0.2, 0.25) is 0 Å². The van der Waals surface area contributed by atoms with Crippen molar-refractivity contribution in [1.82, 2.24) is 14.9 Å². The van der Waals surface area contributed by atoms with Crippen LogP contribution in [0.4, 0.5) is 0 Å². The minimum atomic E-state index is -0.00272. The van der Waals surface area contributed by atoms with Gasteiger partial charge in [-0.1, -0.05) is 54.3 Å². The molecule has 0 bridgehead atoms. The van der Waals surface area contributed by atoms with Gasteiger partial charge in [0, 0.05) is 43.1 Å². The molecule has 0 radical (unpaired) electrons. The fraction of sp³-hybridized carbons (Fsp3) is 0.333. The van der Waals surface area contributed by atoms with Crippen molar-refractivity contribution in [3.8, 4) is 11.8 Å². The van der Waals surface area contributed by atoms with Crippen LogP contribution in [0, 0.1) is 17.3 Å². The van der Waals surface area contributed by atoms with Gasteiger partial charge in [-0.3, -0.25) is 4.90 Å². The molecule has 31 heavy (non-hydrogen) atoms. The van der Waals surface area contributed by atoms with E-state index in [1.807, 2.05) is 0 Å². The van der Waals surface area contributed by atoms with Crippen LogP contribution in [0.15, 0.2) is 73.3 Å². The lowest BCUT2D eigenvalue weighted by Gasteiger charge is -2.42. The van der Waals surface area contributed by atoms with Gasteiger partial charge in [0.25, 0.3) is 0 Å². The van der Waals surface area contributed by atoms with E-state index in [2.05, 4.69) is 81.3 Å². The summed E-state index contributed by atoms with van der Waals surface area (Å²) in [5.74, 6) is 6.26. The van der Waals surface area contributed by atoms with Gasteiger partial charge in [0.15, 0.2) is 0 Å². The highest BCUT2D eigenvalue weighted by Crippen LogP contribution is 2.35. The van der Waals surface area contributed by atoms with Crippen LogP contribution < -0.4 is 0 Å². The van der Waals surface area contributed by atoms with Crippen molar-refractivity contribution in [3.63, 3.8) is 0 Å². The van der Waals surface area contributed by atoms with Crippen molar-refractivity contribution in [1.29, 1.82) is 0 Å². The van der Waals surface area contributed by atoms with Crippen molar-refractivity contribution >= 4 is 0 Å². The van der Waals surface area contributed by atoms with E-state index < -0.39 is 0 Å². The lowest BCUT2D eigenvalue weighted by Crippen LogP contribution is -2.45. The molecule has 3 aromatic rings. The van der Waals surface area contributed by atoms with Crippen LogP contribution in [-0.4, -0.2) is 39.7 Å². The molecule has 1 fully saturated rings. The zero-order valence-electron chi connectivity index (χ0n) is 17.9. The Morgan fingerprint density at radius 2 is 1.65 bits per heavy atom. The summed E-state index contributed by atoms with van der Waals surface area (Å²) in [6.07, 6.45) is 9.24. The van der Waals surface area contributed by atoms with Crippen LogP contribution in [-0.2, 0) is 13.0 Å². The summed E-state index contributed by atoms with van der Waals surface area (Å²) in [5, 5.41) is 10.2. The Morgan fingerprint density at radius 1 is 0.903 bits per heavy atom. The molecule has 2 heterocycles. The summed E-state index contributed by atoms with van der Waals surface area (Å²) < 4.78 is 0. The van der Waals surface area contributed by atoms with Crippen molar-refractivity contribution in [2.24, 2.45) is 5.41 Å². The van der Waals surface area contributed by atoms with Gasteiger partial charge in [-0.15, -0.1) is 0 Å².